The molecule has 1 aromatic rings. The van der Waals surface area contributed by atoms with Crippen LogP contribution in [-0.4, -0.2) is 13.7 Å². The normalized spacial score (nSPS) is 9.13. The molecular formula is C11H10BrNO2. The van der Waals surface area contributed by atoms with Crippen molar-refractivity contribution < 1.29 is 9.47 Å². The Morgan fingerprint density at radius 1 is 1.53 bits per heavy atom. The zero-order valence-electron chi connectivity index (χ0n) is 8.29. The number of halogens is 1. The monoisotopic (exact) mass is 267 g/mol. The van der Waals surface area contributed by atoms with Gasteiger partial charge in [-0.2, -0.15) is 5.26 Å². The van der Waals surface area contributed by atoms with E-state index in [0.29, 0.717) is 28.1 Å². The van der Waals surface area contributed by atoms with Crippen LogP contribution in [0.1, 0.15) is 5.56 Å². The molecule has 78 valence electrons. The summed E-state index contributed by atoms with van der Waals surface area (Å²) in [4.78, 5) is 0. The van der Waals surface area contributed by atoms with Gasteiger partial charge in [-0.15, -0.1) is 0 Å². The zero-order chi connectivity index (χ0) is 11.3. The fourth-order valence-electron chi connectivity index (χ4n) is 1.04. The average molecular weight is 268 g/mol. The van der Waals surface area contributed by atoms with Gasteiger partial charge in [0.15, 0.2) is 11.5 Å². The molecule has 0 N–H and O–H groups in total. The molecule has 0 aliphatic rings. The highest BCUT2D eigenvalue weighted by molar-refractivity contribution is 9.10. The maximum absolute atomic E-state index is 8.81. The second-order valence-corrected chi connectivity index (χ2v) is 3.55. The van der Waals surface area contributed by atoms with E-state index in [2.05, 4.69) is 28.6 Å². The first-order chi connectivity index (χ1) is 7.22. The maximum Gasteiger partial charge on any atom is 0.162 e. The summed E-state index contributed by atoms with van der Waals surface area (Å²) >= 11 is 3.28. The molecule has 15 heavy (non-hydrogen) atoms. The van der Waals surface area contributed by atoms with Crippen LogP contribution in [-0.2, 0) is 0 Å². The number of hydrogen-bond donors (Lipinski definition) is 0. The van der Waals surface area contributed by atoms with Crippen molar-refractivity contribution in [3.8, 4) is 17.6 Å². The van der Waals surface area contributed by atoms with Gasteiger partial charge in [0.2, 0.25) is 0 Å². The molecule has 0 saturated carbocycles. The summed E-state index contributed by atoms with van der Waals surface area (Å²) in [7, 11) is 1.53. The van der Waals surface area contributed by atoms with Gasteiger partial charge in [0, 0.05) is 10.5 Å². The summed E-state index contributed by atoms with van der Waals surface area (Å²) < 4.78 is 11.2. The Bertz CT molecular complexity index is 410. The summed E-state index contributed by atoms with van der Waals surface area (Å²) in [6, 6.07) is 5.39. The van der Waals surface area contributed by atoms with Crippen molar-refractivity contribution >= 4 is 15.9 Å². The number of ether oxygens (including phenoxy) is 2. The molecule has 3 nitrogen and oxygen atoms in total. The third kappa shape index (κ3) is 2.74. The number of nitrogens with zero attached hydrogens (tertiary/aromatic N) is 1. The van der Waals surface area contributed by atoms with E-state index in [1.165, 1.54) is 7.11 Å². The first-order valence-electron chi connectivity index (χ1n) is 4.24. The van der Waals surface area contributed by atoms with E-state index in [0.717, 1.165) is 0 Å². The molecule has 0 unspecified atom stereocenters. The van der Waals surface area contributed by atoms with Crippen LogP contribution in [0.5, 0.6) is 11.5 Å². The molecule has 0 aliphatic carbocycles. The molecular weight excluding hydrogens is 258 g/mol. The summed E-state index contributed by atoms with van der Waals surface area (Å²) in [6.45, 7) is 3.96. The predicted molar refractivity (Wildman–Crippen MR) is 61.1 cm³/mol. The van der Waals surface area contributed by atoms with Crippen LogP contribution < -0.4 is 9.47 Å². The average Bonchev–Trinajstić information content (AvgIpc) is 2.26. The van der Waals surface area contributed by atoms with Crippen molar-refractivity contribution in [3.05, 3.63) is 34.8 Å². The predicted octanol–water partition coefficient (Wildman–Crippen LogP) is 2.89. The minimum atomic E-state index is 0.398. The van der Waals surface area contributed by atoms with E-state index in [1.54, 1.807) is 18.2 Å². The van der Waals surface area contributed by atoms with Gasteiger partial charge >= 0.3 is 0 Å². The zero-order valence-corrected chi connectivity index (χ0v) is 9.87. The van der Waals surface area contributed by atoms with Crippen LogP contribution in [0, 0.1) is 11.3 Å². The van der Waals surface area contributed by atoms with Gasteiger partial charge in [-0.1, -0.05) is 12.7 Å². The number of benzene rings is 1. The number of methoxy groups -OCH3 is 1. The molecule has 0 heterocycles. The van der Waals surface area contributed by atoms with E-state index in [9.17, 15) is 0 Å². The lowest BCUT2D eigenvalue weighted by atomic mass is 10.2. The number of hydrogen-bond acceptors (Lipinski definition) is 3. The quantitative estimate of drug-likeness (QED) is 0.788. The van der Waals surface area contributed by atoms with Crippen LogP contribution in [0.2, 0.25) is 0 Å². The van der Waals surface area contributed by atoms with Gasteiger partial charge in [-0.05, 0) is 22.0 Å². The third-order valence-corrected chi connectivity index (χ3v) is 2.39. The molecule has 0 radical (unpaired) electrons. The van der Waals surface area contributed by atoms with Crippen molar-refractivity contribution in [1.29, 1.82) is 5.26 Å². The fourth-order valence-corrected chi connectivity index (χ4v) is 1.45. The molecule has 4 heteroatoms. The van der Waals surface area contributed by atoms with Crippen molar-refractivity contribution in [1.82, 2.24) is 0 Å². The van der Waals surface area contributed by atoms with Gasteiger partial charge in [-0.25, -0.2) is 0 Å². The molecule has 0 bridgehead atoms. The molecule has 0 aromatic heterocycles. The summed E-state index contributed by atoms with van der Waals surface area (Å²) in [5.74, 6) is 1.12. The molecule has 0 saturated heterocycles. The Kier molecular flexibility index (Phi) is 4.19. The highest BCUT2D eigenvalue weighted by atomic mass is 79.9. The molecule has 1 rings (SSSR count). The fraction of sp³-hybridized carbons (Fsp3) is 0.182. The van der Waals surface area contributed by atoms with E-state index in [4.69, 9.17) is 14.7 Å². The Balaban J connectivity index is 3.10. The van der Waals surface area contributed by atoms with Crippen molar-refractivity contribution in [2.45, 2.75) is 0 Å². The van der Waals surface area contributed by atoms with Crippen LogP contribution in [0.4, 0.5) is 0 Å². The van der Waals surface area contributed by atoms with Gasteiger partial charge < -0.3 is 9.47 Å². The van der Waals surface area contributed by atoms with Crippen LogP contribution in [0.15, 0.2) is 29.3 Å². The first-order valence-corrected chi connectivity index (χ1v) is 5.03. The van der Waals surface area contributed by atoms with Gasteiger partial charge in [-0.3, -0.25) is 0 Å². The molecule has 0 aliphatic heterocycles. The highest BCUT2D eigenvalue weighted by Gasteiger charge is 2.09. The summed E-state index contributed by atoms with van der Waals surface area (Å²) in [5, 5.41) is 8.81. The van der Waals surface area contributed by atoms with Crippen molar-refractivity contribution in [2.75, 3.05) is 13.7 Å². The molecule has 0 amide bonds. The lowest BCUT2D eigenvalue weighted by Gasteiger charge is -2.10. The molecule has 0 fully saturated rings. The standard InChI is InChI=1S/C11H10BrNO2/c1-3-4-15-11-6-9(12)8(7-13)5-10(11)14-2/h3,5-6H,1,4H2,2H3. The van der Waals surface area contributed by atoms with Crippen LogP contribution in [0.3, 0.4) is 0 Å². The SMILES string of the molecule is C=CCOc1cc(Br)c(C#N)cc1OC. The summed E-state index contributed by atoms with van der Waals surface area (Å²) in [5.41, 5.74) is 0.512. The van der Waals surface area contributed by atoms with Gasteiger partial charge in [0.25, 0.3) is 0 Å². The van der Waals surface area contributed by atoms with Gasteiger partial charge in [0.1, 0.15) is 12.7 Å². The Morgan fingerprint density at radius 2 is 2.27 bits per heavy atom. The van der Waals surface area contributed by atoms with E-state index >= 15 is 0 Å². The van der Waals surface area contributed by atoms with Crippen molar-refractivity contribution in [3.63, 3.8) is 0 Å². The highest BCUT2D eigenvalue weighted by Crippen LogP contribution is 2.33. The van der Waals surface area contributed by atoms with E-state index in [1.807, 2.05) is 0 Å². The number of nitriles is 1. The minimum absolute atomic E-state index is 0.398. The summed E-state index contributed by atoms with van der Waals surface area (Å²) in [6.07, 6.45) is 1.64. The minimum Gasteiger partial charge on any atom is -0.493 e. The molecule has 0 atom stereocenters. The topological polar surface area (TPSA) is 42.2 Å². The molecule has 1 aromatic carbocycles. The lowest BCUT2D eigenvalue weighted by molar-refractivity contribution is 0.326. The lowest BCUT2D eigenvalue weighted by Crippen LogP contribution is -1.97. The smallest absolute Gasteiger partial charge is 0.162 e. The number of rotatable bonds is 4. The Morgan fingerprint density at radius 3 is 2.80 bits per heavy atom. The molecule has 0 spiro atoms. The Hall–Kier alpha value is -1.47. The Labute approximate surface area is 97.1 Å². The second-order valence-electron chi connectivity index (χ2n) is 2.69. The largest absolute Gasteiger partial charge is 0.493 e. The van der Waals surface area contributed by atoms with E-state index in [-0.39, 0.29) is 0 Å². The second kappa shape index (κ2) is 5.42. The van der Waals surface area contributed by atoms with Gasteiger partial charge in [0.05, 0.1) is 12.7 Å². The van der Waals surface area contributed by atoms with E-state index < -0.39 is 0 Å². The van der Waals surface area contributed by atoms with Crippen LogP contribution >= 0.6 is 15.9 Å². The third-order valence-electron chi connectivity index (χ3n) is 1.73. The van der Waals surface area contributed by atoms with Crippen LogP contribution in [0.25, 0.3) is 0 Å². The first kappa shape index (κ1) is 11.6. The maximum atomic E-state index is 8.81. The van der Waals surface area contributed by atoms with Crippen molar-refractivity contribution in [2.24, 2.45) is 0 Å².